The van der Waals surface area contributed by atoms with E-state index in [0.717, 1.165) is 12.8 Å². The second-order valence-corrected chi connectivity index (χ2v) is 3.95. The summed E-state index contributed by atoms with van der Waals surface area (Å²) >= 11 is 5.91. The molecule has 0 aliphatic carbocycles. The molecule has 0 bridgehead atoms. The molecule has 0 N–H and O–H groups in total. The molecule has 0 nitrogen and oxygen atoms in total. The predicted octanol–water partition coefficient (Wildman–Crippen LogP) is 2.24. The van der Waals surface area contributed by atoms with E-state index < -0.39 is 0 Å². The molecule has 0 aromatic carbocycles. The normalized spacial score (nSPS) is 10.9. The molecule has 0 saturated heterocycles. The van der Waals surface area contributed by atoms with Crippen LogP contribution >= 0.6 is 11.6 Å². The van der Waals surface area contributed by atoms with Gasteiger partial charge >= 0.3 is 0 Å². The van der Waals surface area contributed by atoms with E-state index in [1.807, 2.05) is 0 Å². The lowest BCUT2D eigenvalue weighted by molar-refractivity contribution is 0.802. The van der Waals surface area contributed by atoms with E-state index in [1.54, 1.807) is 12.2 Å². The zero-order chi connectivity index (χ0) is 7.33. The number of hydrogen-bond acceptors (Lipinski definition) is 0. The van der Waals surface area contributed by atoms with Crippen LogP contribution in [0.3, 0.4) is 0 Å². The van der Waals surface area contributed by atoms with Gasteiger partial charge in [-0.05, 0) is 12.8 Å². The third-order valence-electron chi connectivity index (χ3n) is 0.936. The van der Waals surface area contributed by atoms with Crippen molar-refractivity contribution in [3.63, 3.8) is 0 Å². The second kappa shape index (κ2) is 3.91. The van der Waals surface area contributed by atoms with Gasteiger partial charge in [-0.15, -0.1) is 24.8 Å². The van der Waals surface area contributed by atoms with Gasteiger partial charge in [0.25, 0.3) is 0 Å². The Hall–Kier alpha value is -0.0131. The van der Waals surface area contributed by atoms with Crippen molar-refractivity contribution in [3.8, 4) is 0 Å². The van der Waals surface area contributed by atoms with Crippen molar-refractivity contribution in [1.82, 2.24) is 0 Å². The first-order valence-electron chi connectivity index (χ1n) is 2.78. The number of hydrogen-bond donors (Lipinski definition) is 0. The fourth-order valence-electron chi connectivity index (χ4n) is 0.541. The Labute approximate surface area is 65.0 Å². The number of alkyl halides is 1. The summed E-state index contributed by atoms with van der Waals surface area (Å²) in [7, 11) is 3.37. The van der Waals surface area contributed by atoms with Crippen LogP contribution in [-0.4, -0.2) is 14.7 Å². The molecule has 2 heteroatoms. The SMILES string of the molecule is C=CCC([Si])(Cl)CC=C. The van der Waals surface area contributed by atoms with E-state index in [-0.39, 0.29) is 4.50 Å². The largest absolute Gasteiger partial charge is 0.123 e. The van der Waals surface area contributed by atoms with Crippen molar-refractivity contribution in [1.29, 1.82) is 0 Å². The summed E-state index contributed by atoms with van der Waals surface area (Å²) in [5.41, 5.74) is 0. The highest BCUT2D eigenvalue weighted by atomic mass is 35.5. The van der Waals surface area contributed by atoms with Crippen molar-refractivity contribution in [2.75, 3.05) is 0 Å². The van der Waals surface area contributed by atoms with Gasteiger partial charge in [-0.1, -0.05) is 12.2 Å². The molecule has 0 heterocycles. The van der Waals surface area contributed by atoms with Crippen LogP contribution in [0.25, 0.3) is 0 Å². The van der Waals surface area contributed by atoms with Gasteiger partial charge in [0.2, 0.25) is 0 Å². The fraction of sp³-hybridized carbons (Fsp3) is 0.429. The van der Waals surface area contributed by atoms with Crippen LogP contribution in [0.4, 0.5) is 0 Å². The van der Waals surface area contributed by atoms with Gasteiger partial charge in [0.05, 0.1) is 10.2 Å². The van der Waals surface area contributed by atoms with Crippen LogP contribution in [-0.2, 0) is 0 Å². The lowest BCUT2D eigenvalue weighted by atomic mass is 10.2. The Balaban J connectivity index is 3.68. The smallest absolute Gasteiger partial charge is 0.0543 e. The van der Waals surface area contributed by atoms with E-state index in [2.05, 4.69) is 23.4 Å². The average Bonchev–Trinajstić information content (AvgIpc) is 1.64. The van der Waals surface area contributed by atoms with E-state index in [0.29, 0.717) is 0 Å². The third-order valence-corrected chi connectivity index (χ3v) is 1.65. The fourth-order valence-corrected chi connectivity index (χ4v) is 1.05. The summed E-state index contributed by atoms with van der Waals surface area (Å²) in [4.78, 5) is 0. The summed E-state index contributed by atoms with van der Waals surface area (Å²) in [6.07, 6.45) is 5.06. The van der Waals surface area contributed by atoms with Gasteiger partial charge in [0.1, 0.15) is 0 Å². The van der Waals surface area contributed by atoms with Gasteiger partial charge in [-0.25, -0.2) is 0 Å². The molecule has 0 fully saturated rings. The molecule has 0 aliphatic heterocycles. The highest BCUT2D eigenvalue weighted by molar-refractivity contribution is 6.44. The maximum Gasteiger partial charge on any atom is 0.0543 e. The summed E-state index contributed by atoms with van der Waals surface area (Å²) in [6.45, 7) is 7.16. The Morgan fingerprint density at radius 1 is 1.33 bits per heavy atom. The maximum atomic E-state index is 5.91. The Kier molecular flexibility index (Phi) is 3.90. The minimum Gasteiger partial charge on any atom is -0.123 e. The van der Waals surface area contributed by atoms with Crippen LogP contribution in [0, 0.1) is 0 Å². The Morgan fingerprint density at radius 3 is 1.89 bits per heavy atom. The first kappa shape index (κ1) is 8.99. The zero-order valence-corrected chi connectivity index (χ0v) is 7.12. The van der Waals surface area contributed by atoms with Crippen molar-refractivity contribution >= 4 is 21.8 Å². The molecule has 0 aromatic rings. The topological polar surface area (TPSA) is 0 Å². The van der Waals surface area contributed by atoms with Crippen LogP contribution in [0.5, 0.6) is 0 Å². The predicted molar refractivity (Wildman–Crippen MR) is 44.0 cm³/mol. The quantitative estimate of drug-likeness (QED) is 0.334. The summed E-state index contributed by atoms with van der Waals surface area (Å²) in [5, 5.41) is 0. The molecular weight excluding hydrogens is 148 g/mol. The van der Waals surface area contributed by atoms with Crippen molar-refractivity contribution in [3.05, 3.63) is 25.3 Å². The molecule has 0 unspecified atom stereocenters. The van der Waals surface area contributed by atoms with Gasteiger partial charge in [-0.3, -0.25) is 0 Å². The van der Waals surface area contributed by atoms with E-state index in [1.165, 1.54) is 0 Å². The Bertz CT molecular complexity index is 95.5. The first-order chi connectivity index (χ1) is 4.12. The number of halogens is 1. The molecule has 3 radical (unpaired) electrons. The van der Waals surface area contributed by atoms with Gasteiger partial charge in [-0.2, -0.15) is 0 Å². The molecule has 49 valence electrons. The summed E-state index contributed by atoms with van der Waals surface area (Å²) in [5.74, 6) is 0. The minimum absolute atomic E-state index is 0.358. The molecule has 0 atom stereocenters. The van der Waals surface area contributed by atoms with Gasteiger partial charge in [0, 0.05) is 4.50 Å². The molecule has 0 aromatic heterocycles. The number of rotatable bonds is 4. The molecule has 9 heavy (non-hydrogen) atoms. The third kappa shape index (κ3) is 4.49. The molecule has 0 rings (SSSR count). The van der Waals surface area contributed by atoms with Crippen LogP contribution in [0.1, 0.15) is 12.8 Å². The van der Waals surface area contributed by atoms with E-state index in [9.17, 15) is 0 Å². The van der Waals surface area contributed by atoms with E-state index in [4.69, 9.17) is 11.6 Å². The maximum absolute atomic E-state index is 5.91. The molecule has 0 spiro atoms. The van der Waals surface area contributed by atoms with Crippen molar-refractivity contribution < 1.29 is 0 Å². The highest BCUT2D eigenvalue weighted by Crippen LogP contribution is 2.20. The van der Waals surface area contributed by atoms with E-state index >= 15 is 0 Å². The average molecular weight is 158 g/mol. The lowest BCUT2D eigenvalue weighted by Crippen LogP contribution is -2.18. The van der Waals surface area contributed by atoms with Crippen LogP contribution in [0.2, 0.25) is 0 Å². The lowest BCUT2D eigenvalue weighted by Gasteiger charge is -2.16. The second-order valence-electron chi connectivity index (χ2n) is 1.95. The molecule has 0 aliphatic rings. The van der Waals surface area contributed by atoms with Crippen molar-refractivity contribution in [2.24, 2.45) is 0 Å². The van der Waals surface area contributed by atoms with Crippen LogP contribution < -0.4 is 0 Å². The molecular formula is C7H10ClSi. The first-order valence-corrected chi connectivity index (χ1v) is 3.66. The molecule has 0 saturated carbocycles. The summed E-state index contributed by atoms with van der Waals surface area (Å²) in [6, 6.07) is 0. The van der Waals surface area contributed by atoms with Crippen molar-refractivity contribution in [2.45, 2.75) is 17.3 Å². The highest BCUT2D eigenvalue weighted by Gasteiger charge is 2.15. The monoisotopic (exact) mass is 157 g/mol. The minimum atomic E-state index is -0.358. The summed E-state index contributed by atoms with van der Waals surface area (Å²) < 4.78 is -0.358. The molecule has 0 amide bonds. The standard InChI is InChI=1S/C7H10ClSi/c1-3-5-7(8,9)6-4-2/h3-4H,1-2,5-6H2. The van der Waals surface area contributed by atoms with Gasteiger partial charge < -0.3 is 0 Å². The van der Waals surface area contributed by atoms with Gasteiger partial charge in [0.15, 0.2) is 0 Å². The Morgan fingerprint density at radius 2 is 1.67 bits per heavy atom. The number of allylic oxidation sites excluding steroid dienone is 2. The zero-order valence-electron chi connectivity index (χ0n) is 5.36. The van der Waals surface area contributed by atoms with Crippen LogP contribution in [0.15, 0.2) is 25.3 Å².